The number of nitrogens with one attached hydrogen (secondary N) is 1. The summed E-state index contributed by atoms with van der Waals surface area (Å²) >= 11 is 0. The summed E-state index contributed by atoms with van der Waals surface area (Å²) in [6.45, 7) is 3.44. The van der Waals surface area contributed by atoms with Crippen LogP contribution in [0.5, 0.6) is 0 Å². The van der Waals surface area contributed by atoms with Gasteiger partial charge in [-0.1, -0.05) is 43.7 Å². The minimum absolute atomic E-state index is 0.0896. The number of rotatable bonds is 14. The Bertz CT molecular complexity index is 545. The zero-order chi connectivity index (χ0) is 23.9. The number of carboxylic acid groups (broad SMARTS) is 2. The molecule has 0 bridgehead atoms. The first-order chi connectivity index (χ1) is 14.8. The van der Waals surface area contributed by atoms with Crippen LogP contribution in [0.2, 0.25) is 0 Å². The van der Waals surface area contributed by atoms with Gasteiger partial charge in [-0.15, -0.1) is 0 Å². The second-order valence-corrected chi connectivity index (χ2v) is 6.90. The molecule has 31 heavy (non-hydrogen) atoms. The van der Waals surface area contributed by atoms with Crippen LogP contribution in [-0.4, -0.2) is 70.8 Å². The van der Waals surface area contributed by atoms with Gasteiger partial charge in [-0.2, -0.15) is 0 Å². The van der Waals surface area contributed by atoms with Crippen molar-refractivity contribution in [3.8, 4) is 0 Å². The van der Waals surface area contributed by atoms with Gasteiger partial charge in [0.05, 0.1) is 0 Å². The fourth-order valence-corrected chi connectivity index (χ4v) is 2.32. The van der Waals surface area contributed by atoms with Crippen molar-refractivity contribution in [3.05, 3.63) is 35.9 Å². The van der Waals surface area contributed by atoms with Crippen LogP contribution in [0.4, 0.5) is 0 Å². The van der Waals surface area contributed by atoms with Gasteiger partial charge in [-0.3, -0.25) is 9.59 Å². The maximum absolute atomic E-state index is 10.4. The largest absolute Gasteiger partial charge is 0.480 e. The molecule has 2 unspecified atom stereocenters. The predicted molar refractivity (Wildman–Crippen MR) is 122 cm³/mol. The van der Waals surface area contributed by atoms with Crippen LogP contribution in [0.1, 0.15) is 51.0 Å². The highest BCUT2D eigenvalue weighted by molar-refractivity contribution is 5.73. The van der Waals surface area contributed by atoms with E-state index in [1.54, 1.807) is 0 Å². The zero-order valence-electron chi connectivity index (χ0n) is 18.6. The Morgan fingerprint density at radius 3 is 2.06 bits per heavy atom. The van der Waals surface area contributed by atoms with Gasteiger partial charge in [0.1, 0.15) is 12.1 Å². The van der Waals surface area contributed by atoms with Crippen molar-refractivity contribution in [2.24, 2.45) is 11.5 Å². The molecule has 0 radical (unpaired) electrons. The Morgan fingerprint density at radius 2 is 1.61 bits per heavy atom. The number of aliphatic carboxylic acids is 2. The minimum atomic E-state index is -0.933. The SMILES string of the molecule is CCCNC(CCO)C(=O)O.NCCCCC(N)C(=O)O.OCCCc1ccccc1. The van der Waals surface area contributed by atoms with Crippen molar-refractivity contribution >= 4 is 11.9 Å². The number of carbonyl (C=O) groups is 2. The summed E-state index contributed by atoms with van der Waals surface area (Å²) < 4.78 is 0. The lowest BCUT2D eigenvalue weighted by Crippen LogP contribution is -2.37. The molecule has 0 aliphatic heterocycles. The average Bonchev–Trinajstić information content (AvgIpc) is 2.76. The molecule has 0 aliphatic carbocycles. The van der Waals surface area contributed by atoms with E-state index in [-0.39, 0.29) is 19.6 Å². The zero-order valence-corrected chi connectivity index (χ0v) is 18.6. The molecule has 0 spiro atoms. The lowest BCUT2D eigenvalue weighted by Gasteiger charge is -2.11. The highest BCUT2D eigenvalue weighted by Gasteiger charge is 2.14. The van der Waals surface area contributed by atoms with E-state index < -0.39 is 24.0 Å². The van der Waals surface area contributed by atoms with Gasteiger partial charge in [-0.25, -0.2) is 0 Å². The standard InChI is InChI=1S/C9H12O.C7H15NO3.C6H14N2O2/c10-8-4-7-9-5-2-1-3-6-9;1-2-4-8-6(3-5-9)7(10)11;7-4-2-1-3-5(8)6(9)10/h1-3,5-6,10H,4,7-8H2;6,8-9H,2-5H2,1H3,(H,10,11);5H,1-4,7-8H2,(H,9,10). The Hall–Kier alpha value is -2.04. The fraction of sp³-hybridized carbons (Fsp3) is 0.636. The van der Waals surface area contributed by atoms with Crippen LogP contribution in [0, 0.1) is 0 Å². The van der Waals surface area contributed by atoms with E-state index in [9.17, 15) is 9.59 Å². The third-order valence-corrected chi connectivity index (χ3v) is 4.11. The van der Waals surface area contributed by atoms with Crippen molar-refractivity contribution in [2.75, 3.05) is 26.3 Å². The lowest BCUT2D eigenvalue weighted by atomic mass is 10.1. The van der Waals surface area contributed by atoms with Crippen molar-refractivity contribution in [1.29, 1.82) is 0 Å². The summed E-state index contributed by atoms with van der Waals surface area (Å²) in [5.74, 6) is -1.83. The number of nitrogens with two attached hydrogens (primary N) is 2. The predicted octanol–water partition coefficient (Wildman–Crippen LogP) is 0.960. The van der Waals surface area contributed by atoms with Crippen LogP contribution >= 0.6 is 0 Å². The Kier molecular flexibility index (Phi) is 22.7. The number of hydrogen-bond donors (Lipinski definition) is 7. The lowest BCUT2D eigenvalue weighted by molar-refractivity contribution is -0.140. The van der Waals surface area contributed by atoms with Gasteiger partial charge in [0.15, 0.2) is 0 Å². The number of aliphatic hydroxyl groups excluding tert-OH is 2. The number of aliphatic hydroxyl groups is 2. The molecule has 9 heteroatoms. The third kappa shape index (κ3) is 21.0. The van der Waals surface area contributed by atoms with E-state index >= 15 is 0 Å². The van der Waals surface area contributed by atoms with Crippen LogP contribution in [0.25, 0.3) is 0 Å². The Morgan fingerprint density at radius 1 is 0.968 bits per heavy atom. The van der Waals surface area contributed by atoms with Gasteiger partial charge in [0, 0.05) is 13.2 Å². The summed E-state index contributed by atoms with van der Waals surface area (Å²) in [4.78, 5) is 20.6. The summed E-state index contributed by atoms with van der Waals surface area (Å²) in [6.07, 6.45) is 5.18. The molecule has 2 atom stereocenters. The molecule has 180 valence electrons. The summed E-state index contributed by atoms with van der Waals surface area (Å²) in [5, 5.41) is 36.7. The first-order valence-corrected chi connectivity index (χ1v) is 10.7. The quantitative estimate of drug-likeness (QED) is 0.206. The molecule has 0 saturated carbocycles. The highest BCUT2D eigenvalue weighted by Crippen LogP contribution is 2.01. The second kappa shape index (κ2) is 22.6. The number of hydrogen-bond acceptors (Lipinski definition) is 7. The molecule has 1 rings (SSSR count). The Balaban J connectivity index is 0. The van der Waals surface area contributed by atoms with Crippen molar-refractivity contribution in [1.82, 2.24) is 5.32 Å². The smallest absolute Gasteiger partial charge is 0.320 e. The number of unbranched alkanes of at least 4 members (excludes halogenated alkanes) is 1. The molecule has 0 amide bonds. The first-order valence-electron chi connectivity index (χ1n) is 10.7. The van der Waals surface area contributed by atoms with Gasteiger partial charge >= 0.3 is 11.9 Å². The molecule has 0 heterocycles. The highest BCUT2D eigenvalue weighted by atomic mass is 16.4. The van der Waals surface area contributed by atoms with Gasteiger partial charge < -0.3 is 37.2 Å². The molecule has 0 saturated heterocycles. The number of benzene rings is 1. The van der Waals surface area contributed by atoms with Crippen LogP contribution in [0.15, 0.2) is 30.3 Å². The van der Waals surface area contributed by atoms with E-state index in [1.165, 1.54) is 5.56 Å². The maximum Gasteiger partial charge on any atom is 0.320 e. The molecule has 0 aliphatic rings. The first kappa shape index (κ1) is 31.1. The maximum atomic E-state index is 10.4. The van der Waals surface area contributed by atoms with Gasteiger partial charge in [0.2, 0.25) is 0 Å². The molecule has 0 aromatic heterocycles. The van der Waals surface area contributed by atoms with Crippen molar-refractivity contribution in [3.63, 3.8) is 0 Å². The molecule has 1 aromatic carbocycles. The van der Waals surface area contributed by atoms with E-state index in [0.717, 1.165) is 32.1 Å². The topological polar surface area (TPSA) is 179 Å². The third-order valence-electron chi connectivity index (χ3n) is 4.11. The van der Waals surface area contributed by atoms with Crippen LogP contribution < -0.4 is 16.8 Å². The fourth-order valence-electron chi connectivity index (χ4n) is 2.32. The molecular formula is C22H41N3O6. The van der Waals surface area contributed by atoms with Crippen molar-refractivity contribution in [2.45, 2.75) is 64.0 Å². The average molecular weight is 444 g/mol. The van der Waals surface area contributed by atoms with Gasteiger partial charge in [0.25, 0.3) is 0 Å². The second-order valence-electron chi connectivity index (χ2n) is 6.90. The van der Waals surface area contributed by atoms with Crippen molar-refractivity contribution < 1.29 is 30.0 Å². The van der Waals surface area contributed by atoms with Crippen LogP contribution in [0.3, 0.4) is 0 Å². The minimum Gasteiger partial charge on any atom is -0.480 e. The summed E-state index contributed by atoms with van der Waals surface area (Å²) in [7, 11) is 0. The van der Waals surface area contributed by atoms with Gasteiger partial charge in [-0.05, 0) is 57.2 Å². The summed E-state index contributed by atoms with van der Waals surface area (Å²) in [6, 6.07) is 8.89. The number of aryl methyl sites for hydroxylation is 1. The van der Waals surface area contributed by atoms with E-state index in [4.69, 9.17) is 31.9 Å². The molecule has 9 nitrogen and oxygen atoms in total. The van der Waals surface area contributed by atoms with E-state index in [1.807, 2.05) is 25.1 Å². The van der Waals surface area contributed by atoms with Crippen LogP contribution in [-0.2, 0) is 16.0 Å². The monoisotopic (exact) mass is 443 g/mol. The molecule has 1 aromatic rings. The normalized spacial score (nSPS) is 11.9. The Labute approximate surface area is 185 Å². The molecule has 0 fully saturated rings. The molecular weight excluding hydrogens is 402 g/mol. The summed E-state index contributed by atoms with van der Waals surface area (Å²) in [5.41, 5.74) is 11.7. The number of carboxylic acids is 2. The van der Waals surface area contributed by atoms with E-state index in [2.05, 4.69) is 17.4 Å². The van der Waals surface area contributed by atoms with E-state index in [0.29, 0.717) is 19.5 Å². The molecule has 9 N–H and O–H groups in total.